The molecule has 130 valence electrons. The summed E-state index contributed by atoms with van der Waals surface area (Å²) < 4.78 is 2.80. The minimum absolute atomic E-state index is 0.339. The first-order valence-corrected chi connectivity index (χ1v) is 9.16. The molecule has 0 saturated carbocycles. The largest absolute Gasteiger partial charge is 0.328 e. The molecule has 7 nitrogen and oxygen atoms in total. The normalized spacial score (nSPS) is 16.4. The van der Waals surface area contributed by atoms with Crippen LogP contribution < -0.4 is 11.1 Å². The quantitative estimate of drug-likeness (QED) is 0.698. The van der Waals surface area contributed by atoms with Gasteiger partial charge in [-0.1, -0.05) is 0 Å². The number of halogens is 1. The fourth-order valence-electron chi connectivity index (χ4n) is 3.16. The zero-order valence-electron chi connectivity index (χ0n) is 13.8. The number of nitrogens with zero attached hydrogens (tertiary/aromatic N) is 5. The zero-order chi connectivity index (χ0) is 17.2. The Morgan fingerprint density at radius 3 is 2.80 bits per heavy atom. The van der Waals surface area contributed by atoms with Gasteiger partial charge < -0.3 is 11.1 Å². The van der Waals surface area contributed by atoms with Gasteiger partial charge in [0.1, 0.15) is 17.7 Å². The first kappa shape index (κ1) is 16.4. The molecule has 1 aliphatic heterocycles. The number of nitrogens with one attached hydrogen (secondary N) is 1. The van der Waals surface area contributed by atoms with E-state index >= 15 is 0 Å². The molecule has 4 rings (SSSR count). The second-order valence-corrected chi connectivity index (χ2v) is 7.26. The predicted molar refractivity (Wildman–Crippen MR) is 101 cm³/mol. The summed E-state index contributed by atoms with van der Waals surface area (Å²) in [4.78, 5) is 11.2. The SMILES string of the molecule is NC1CCN(Cc2ccn3ncnc(Nc4ccc(Br)cn4)c23)CC1. The predicted octanol–water partition coefficient (Wildman–Crippen LogP) is 2.55. The molecule has 3 aromatic rings. The molecule has 0 aromatic carbocycles. The van der Waals surface area contributed by atoms with Gasteiger partial charge in [-0.15, -0.1) is 0 Å². The molecule has 3 N–H and O–H groups in total. The topological polar surface area (TPSA) is 84.4 Å². The maximum atomic E-state index is 6.01. The lowest BCUT2D eigenvalue weighted by atomic mass is 10.1. The number of fused-ring (bicyclic) bond motifs is 1. The molecule has 8 heteroatoms. The summed E-state index contributed by atoms with van der Waals surface area (Å²) in [7, 11) is 0. The Morgan fingerprint density at radius 1 is 1.20 bits per heavy atom. The lowest BCUT2D eigenvalue weighted by Gasteiger charge is -2.29. The lowest BCUT2D eigenvalue weighted by Crippen LogP contribution is -2.39. The van der Waals surface area contributed by atoms with Crippen LogP contribution in [0.15, 0.2) is 41.4 Å². The highest BCUT2D eigenvalue weighted by atomic mass is 79.9. The van der Waals surface area contributed by atoms with Gasteiger partial charge in [-0.25, -0.2) is 14.5 Å². The van der Waals surface area contributed by atoms with Crippen LogP contribution in [-0.2, 0) is 6.54 Å². The van der Waals surface area contributed by atoms with Gasteiger partial charge in [-0.3, -0.25) is 4.90 Å². The van der Waals surface area contributed by atoms with Crippen LogP contribution in [0.2, 0.25) is 0 Å². The molecule has 4 heterocycles. The number of rotatable bonds is 4. The third-order valence-corrected chi connectivity index (χ3v) is 5.01. The summed E-state index contributed by atoms with van der Waals surface area (Å²) in [6.07, 6.45) is 7.39. The van der Waals surface area contributed by atoms with Crippen LogP contribution in [0.4, 0.5) is 11.6 Å². The number of likely N-dealkylation sites (tertiary alicyclic amines) is 1. The monoisotopic (exact) mass is 401 g/mol. The minimum atomic E-state index is 0.339. The van der Waals surface area contributed by atoms with E-state index in [2.05, 4.69) is 47.3 Å². The highest BCUT2D eigenvalue weighted by Crippen LogP contribution is 2.24. The van der Waals surface area contributed by atoms with E-state index < -0.39 is 0 Å². The summed E-state index contributed by atoms with van der Waals surface area (Å²) >= 11 is 3.40. The number of aromatic nitrogens is 4. The molecule has 3 aromatic heterocycles. The van der Waals surface area contributed by atoms with Crippen molar-refractivity contribution in [3.8, 4) is 0 Å². The number of hydrogen-bond donors (Lipinski definition) is 2. The smallest absolute Gasteiger partial charge is 0.159 e. The van der Waals surface area contributed by atoms with Gasteiger partial charge in [-0.05, 0) is 65.6 Å². The first-order chi connectivity index (χ1) is 12.2. The van der Waals surface area contributed by atoms with E-state index in [9.17, 15) is 0 Å². The van der Waals surface area contributed by atoms with Crippen LogP contribution in [-0.4, -0.2) is 43.6 Å². The average Bonchev–Trinajstić information content (AvgIpc) is 3.03. The molecule has 0 unspecified atom stereocenters. The number of pyridine rings is 1. The van der Waals surface area contributed by atoms with Crippen LogP contribution in [0.1, 0.15) is 18.4 Å². The third kappa shape index (κ3) is 3.65. The summed E-state index contributed by atoms with van der Waals surface area (Å²) in [6.45, 7) is 2.94. The maximum absolute atomic E-state index is 6.01. The molecule has 0 radical (unpaired) electrons. The molecule has 0 aliphatic carbocycles. The summed E-state index contributed by atoms with van der Waals surface area (Å²) in [5.74, 6) is 1.51. The summed E-state index contributed by atoms with van der Waals surface area (Å²) in [6, 6.07) is 6.31. The fraction of sp³-hybridized carbons (Fsp3) is 0.353. The molecule has 1 fully saturated rings. The van der Waals surface area contributed by atoms with Crippen LogP contribution >= 0.6 is 15.9 Å². The van der Waals surface area contributed by atoms with Crippen molar-refractivity contribution in [1.82, 2.24) is 24.5 Å². The van der Waals surface area contributed by atoms with Gasteiger partial charge in [0.25, 0.3) is 0 Å². The van der Waals surface area contributed by atoms with Crippen molar-refractivity contribution in [1.29, 1.82) is 0 Å². The van der Waals surface area contributed by atoms with E-state index in [4.69, 9.17) is 5.73 Å². The van der Waals surface area contributed by atoms with Gasteiger partial charge in [0.2, 0.25) is 0 Å². The Morgan fingerprint density at radius 2 is 2.04 bits per heavy atom. The average molecular weight is 402 g/mol. The van der Waals surface area contributed by atoms with E-state index in [1.54, 1.807) is 12.5 Å². The number of anilines is 2. The first-order valence-electron chi connectivity index (χ1n) is 8.37. The highest BCUT2D eigenvalue weighted by Gasteiger charge is 2.18. The molecule has 0 atom stereocenters. The van der Waals surface area contributed by atoms with Gasteiger partial charge in [-0.2, -0.15) is 5.10 Å². The van der Waals surface area contributed by atoms with E-state index in [1.807, 2.05) is 22.8 Å². The number of nitrogens with two attached hydrogens (primary N) is 1. The summed E-state index contributed by atoms with van der Waals surface area (Å²) in [5, 5.41) is 7.63. The molecular weight excluding hydrogens is 382 g/mol. The number of hydrogen-bond acceptors (Lipinski definition) is 6. The fourth-order valence-corrected chi connectivity index (χ4v) is 3.39. The highest BCUT2D eigenvalue weighted by molar-refractivity contribution is 9.10. The molecule has 0 amide bonds. The standard InChI is InChI=1S/C17H20BrN7/c18-13-1-2-15(20-9-13)23-17-16-12(3-8-25(16)22-11-21-17)10-24-6-4-14(19)5-7-24/h1-3,8-9,11,14H,4-7,10,19H2,(H,20,21,22,23). The van der Waals surface area contributed by atoms with Crippen LogP contribution in [0.3, 0.4) is 0 Å². The Hall–Kier alpha value is -2.03. The van der Waals surface area contributed by atoms with Crippen LogP contribution in [0, 0.1) is 0 Å². The zero-order valence-corrected chi connectivity index (χ0v) is 15.4. The molecular formula is C17H20BrN7. The Labute approximate surface area is 154 Å². The van der Waals surface area contributed by atoms with E-state index in [0.29, 0.717) is 6.04 Å². The molecule has 0 spiro atoms. The Balaban J connectivity index is 1.61. The number of piperidine rings is 1. The van der Waals surface area contributed by atoms with Crippen molar-refractivity contribution in [3.05, 3.63) is 47.0 Å². The van der Waals surface area contributed by atoms with Crippen molar-refractivity contribution >= 4 is 33.1 Å². The van der Waals surface area contributed by atoms with Crippen molar-refractivity contribution < 1.29 is 0 Å². The molecule has 1 aliphatic rings. The molecule has 25 heavy (non-hydrogen) atoms. The second kappa shape index (κ2) is 7.07. The van der Waals surface area contributed by atoms with Crippen molar-refractivity contribution in [2.75, 3.05) is 18.4 Å². The van der Waals surface area contributed by atoms with E-state index in [1.165, 1.54) is 5.56 Å². The van der Waals surface area contributed by atoms with Crippen molar-refractivity contribution in [2.45, 2.75) is 25.4 Å². The van der Waals surface area contributed by atoms with Gasteiger partial charge >= 0.3 is 0 Å². The summed E-state index contributed by atoms with van der Waals surface area (Å²) in [5.41, 5.74) is 8.20. The van der Waals surface area contributed by atoms with Gasteiger partial charge in [0.15, 0.2) is 5.82 Å². The van der Waals surface area contributed by atoms with E-state index in [0.717, 1.165) is 54.1 Å². The molecule has 1 saturated heterocycles. The minimum Gasteiger partial charge on any atom is -0.328 e. The van der Waals surface area contributed by atoms with Gasteiger partial charge in [0.05, 0.1) is 0 Å². The Bertz CT molecular complexity index is 853. The third-order valence-electron chi connectivity index (χ3n) is 4.54. The van der Waals surface area contributed by atoms with E-state index in [-0.39, 0.29) is 0 Å². The molecule has 0 bridgehead atoms. The van der Waals surface area contributed by atoms with Crippen molar-refractivity contribution in [3.63, 3.8) is 0 Å². The van der Waals surface area contributed by atoms with Crippen LogP contribution in [0.25, 0.3) is 5.52 Å². The maximum Gasteiger partial charge on any atom is 0.159 e. The van der Waals surface area contributed by atoms with Crippen molar-refractivity contribution in [2.24, 2.45) is 5.73 Å². The second-order valence-electron chi connectivity index (χ2n) is 6.34. The lowest BCUT2D eigenvalue weighted by molar-refractivity contribution is 0.206. The Kier molecular flexibility index (Phi) is 4.65. The van der Waals surface area contributed by atoms with Crippen LogP contribution in [0.5, 0.6) is 0 Å². The van der Waals surface area contributed by atoms with Gasteiger partial charge in [0, 0.05) is 29.5 Å².